The number of hydrogen-bond acceptors (Lipinski definition) is 2. The highest BCUT2D eigenvalue weighted by Crippen LogP contribution is 2.21. The van der Waals surface area contributed by atoms with Gasteiger partial charge in [0.15, 0.2) is 0 Å². The van der Waals surface area contributed by atoms with Gasteiger partial charge < -0.3 is 5.32 Å². The lowest BCUT2D eigenvalue weighted by Gasteiger charge is -2.08. The summed E-state index contributed by atoms with van der Waals surface area (Å²) in [6.45, 7) is 0. The molecule has 4 heteroatoms. The van der Waals surface area contributed by atoms with Crippen LogP contribution in [0.2, 0.25) is 5.02 Å². The molecule has 0 heterocycles. The summed E-state index contributed by atoms with van der Waals surface area (Å²) in [5, 5.41) is 12.8. The Labute approximate surface area is 128 Å². The van der Waals surface area contributed by atoms with Crippen LogP contribution in [-0.4, -0.2) is 4.99 Å². The van der Waals surface area contributed by atoms with Crippen LogP contribution in [0.25, 0.3) is 6.08 Å². The van der Waals surface area contributed by atoms with Gasteiger partial charge in [0.05, 0.1) is 16.3 Å². The fourth-order valence-electron chi connectivity index (χ4n) is 1.62. The molecular formula is C16H11ClN2S. The lowest BCUT2D eigenvalue weighted by Crippen LogP contribution is -2.11. The first-order chi connectivity index (χ1) is 9.70. The second-order valence-electron chi connectivity index (χ2n) is 4.01. The number of nitrogens with zero attached hydrogens (tertiary/aromatic N) is 1. The fourth-order valence-corrected chi connectivity index (χ4v) is 2.01. The summed E-state index contributed by atoms with van der Waals surface area (Å²) in [6, 6.07) is 18.9. The Morgan fingerprint density at radius 1 is 1.10 bits per heavy atom. The molecule has 2 aromatic carbocycles. The number of anilines is 1. The second kappa shape index (κ2) is 6.85. The third-order valence-corrected chi connectivity index (χ3v) is 3.25. The molecule has 0 radical (unpaired) electrons. The number of para-hydroxylation sites is 1. The van der Waals surface area contributed by atoms with Gasteiger partial charge in [-0.2, -0.15) is 5.26 Å². The molecule has 0 saturated heterocycles. The molecule has 2 rings (SSSR count). The van der Waals surface area contributed by atoms with E-state index in [0.717, 1.165) is 5.56 Å². The molecule has 0 aliphatic heterocycles. The Morgan fingerprint density at radius 2 is 1.75 bits per heavy atom. The van der Waals surface area contributed by atoms with Gasteiger partial charge in [0, 0.05) is 0 Å². The first kappa shape index (κ1) is 14.3. The van der Waals surface area contributed by atoms with E-state index in [2.05, 4.69) is 11.4 Å². The van der Waals surface area contributed by atoms with Crippen LogP contribution in [0.4, 0.5) is 5.69 Å². The number of nitriles is 1. The standard InChI is InChI=1S/C16H11ClN2S/c17-14-8-4-5-9-15(14)19-16(20)13(11-18)10-12-6-2-1-3-7-12/h1-10H,(H,19,20). The van der Waals surface area contributed by atoms with Gasteiger partial charge in [0.2, 0.25) is 0 Å². The first-order valence-electron chi connectivity index (χ1n) is 5.93. The van der Waals surface area contributed by atoms with Crippen LogP contribution in [0.1, 0.15) is 5.56 Å². The van der Waals surface area contributed by atoms with Crippen LogP contribution >= 0.6 is 23.8 Å². The lowest BCUT2D eigenvalue weighted by molar-refractivity contribution is 1.51. The van der Waals surface area contributed by atoms with Crippen molar-refractivity contribution in [3.8, 4) is 6.07 Å². The second-order valence-corrected chi connectivity index (χ2v) is 4.83. The molecule has 0 saturated carbocycles. The van der Waals surface area contributed by atoms with Crippen molar-refractivity contribution in [1.29, 1.82) is 5.26 Å². The minimum absolute atomic E-state index is 0.351. The van der Waals surface area contributed by atoms with Crippen molar-refractivity contribution < 1.29 is 0 Å². The van der Waals surface area contributed by atoms with E-state index in [9.17, 15) is 5.26 Å². The molecule has 0 bridgehead atoms. The van der Waals surface area contributed by atoms with Crippen LogP contribution < -0.4 is 5.32 Å². The molecule has 0 atom stereocenters. The SMILES string of the molecule is N#CC(=Cc1ccccc1)C(=S)Nc1ccccc1Cl. The maximum absolute atomic E-state index is 9.23. The Hall–Kier alpha value is -2.15. The van der Waals surface area contributed by atoms with Gasteiger partial charge in [0.25, 0.3) is 0 Å². The highest BCUT2D eigenvalue weighted by atomic mass is 35.5. The summed E-state index contributed by atoms with van der Waals surface area (Å²) >= 11 is 11.3. The Balaban J connectivity index is 2.21. The number of halogens is 1. The summed E-state index contributed by atoms with van der Waals surface area (Å²) in [4.78, 5) is 0.351. The molecule has 0 aromatic heterocycles. The van der Waals surface area contributed by atoms with Crippen molar-refractivity contribution in [2.24, 2.45) is 0 Å². The van der Waals surface area contributed by atoms with Crippen LogP contribution in [0.3, 0.4) is 0 Å². The summed E-state index contributed by atoms with van der Waals surface area (Å²) in [6.07, 6.45) is 1.74. The van der Waals surface area contributed by atoms with Crippen molar-refractivity contribution in [3.05, 3.63) is 70.8 Å². The molecule has 0 spiro atoms. The van der Waals surface area contributed by atoms with E-state index in [0.29, 0.717) is 21.3 Å². The highest BCUT2D eigenvalue weighted by molar-refractivity contribution is 7.81. The molecule has 2 nitrogen and oxygen atoms in total. The average molecular weight is 299 g/mol. The maximum atomic E-state index is 9.23. The van der Waals surface area contributed by atoms with Crippen molar-refractivity contribution >= 4 is 40.6 Å². The summed E-state index contributed by atoms with van der Waals surface area (Å²) in [7, 11) is 0. The minimum atomic E-state index is 0.351. The highest BCUT2D eigenvalue weighted by Gasteiger charge is 2.07. The maximum Gasteiger partial charge on any atom is 0.121 e. The third kappa shape index (κ3) is 3.67. The topological polar surface area (TPSA) is 35.8 Å². The predicted molar refractivity (Wildman–Crippen MR) is 87.7 cm³/mol. The molecule has 20 heavy (non-hydrogen) atoms. The molecule has 0 fully saturated rings. The third-order valence-electron chi connectivity index (χ3n) is 2.60. The zero-order valence-electron chi connectivity index (χ0n) is 10.5. The Morgan fingerprint density at radius 3 is 2.40 bits per heavy atom. The summed E-state index contributed by atoms with van der Waals surface area (Å²) < 4.78 is 0. The Bertz CT molecular complexity index is 687. The van der Waals surface area contributed by atoms with Crippen LogP contribution in [-0.2, 0) is 0 Å². The van der Waals surface area contributed by atoms with Gasteiger partial charge in [-0.15, -0.1) is 0 Å². The van der Waals surface area contributed by atoms with Crippen LogP contribution in [0, 0.1) is 11.3 Å². The van der Waals surface area contributed by atoms with Gasteiger partial charge in [-0.1, -0.05) is 66.3 Å². The van der Waals surface area contributed by atoms with Crippen LogP contribution in [0.5, 0.6) is 0 Å². The molecule has 0 unspecified atom stereocenters. The van der Waals surface area contributed by atoms with Gasteiger partial charge >= 0.3 is 0 Å². The van der Waals surface area contributed by atoms with Crippen molar-refractivity contribution in [2.75, 3.05) is 5.32 Å². The van der Waals surface area contributed by atoms with Crippen molar-refractivity contribution in [1.82, 2.24) is 0 Å². The van der Waals surface area contributed by atoms with Crippen molar-refractivity contribution in [2.45, 2.75) is 0 Å². The minimum Gasteiger partial charge on any atom is -0.344 e. The molecule has 2 aromatic rings. The van der Waals surface area contributed by atoms with Gasteiger partial charge in [-0.05, 0) is 23.8 Å². The molecular weight excluding hydrogens is 288 g/mol. The monoisotopic (exact) mass is 298 g/mol. The number of nitrogens with one attached hydrogen (secondary N) is 1. The molecule has 98 valence electrons. The zero-order valence-corrected chi connectivity index (χ0v) is 12.1. The quantitative estimate of drug-likeness (QED) is 0.507. The Kier molecular flexibility index (Phi) is 4.89. The molecule has 0 aliphatic carbocycles. The van der Waals surface area contributed by atoms with Gasteiger partial charge in [-0.25, -0.2) is 0 Å². The smallest absolute Gasteiger partial charge is 0.121 e. The number of rotatable bonds is 3. The average Bonchev–Trinajstić information content (AvgIpc) is 2.48. The van der Waals surface area contributed by atoms with E-state index >= 15 is 0 Å². The molecule has 0 amide bonds. The van der Waals surface area contributed by atoms with E-state index in [-0.39, 0.29) is 0 Å². The number of hydrogen-bond donors (Lipinski definition) is 1. The number of benzene rings is 2. The summed E-state index contributed by atoms with van der Waals surface area (Å²) in [5.74, 6) is 0. The van der Waals surface area contributed by atoms with E-state index in [1.54, 1.807) is 12.1 Å². The van der Waals surface area contributed by atoms with Gasteiger partial charge in [0.1, 0.15) is 11.1 Å². The molecule has 1 N–H and O–H groups in total. The van der Waals surface area contributed by atoms with E-state index < -0.39 is 0 Å². The fraction of sp³-hybridized carbons (Fsp3) is 0. The van der Waals surface area contributed by atoms with Crippen molar-refractivity contribution in [3.63, 3.8) is 0 Å². The zero-order chi connectivity index (χ0) is 14.4. The largest absolute Gasteiger partial charge is 0.344 e. The normalized spacial score (nSPS) is 10.7. The summed E-state index contributed by atoms with van der Waals surface area (Å²) in [5.41, 5.74) is 2.01. The van der Waals surface area contributed by atoms with E-state index in [4.69, 9.17) is 23.8 Å². The molecule has 0 aliphatic rings. The predicted octanol–water partition coefficient (Wildman–Crippen LogP) is 4.69. The van der Waals surface area contributed by atoms with E-state index in [1.807, 2.05) is 48.5 Å². The van der Waals surface area contributed by atoms with Gasteiger partial charge in [-0.3, -0.25) is 0 Å². The first-order valence-corrected chi connectivity index (χ1v) is 6.72. The lowest BCUT2D eigenvalue weighted by atomic mass is 10.1. The number of thiocarbonyl (C=S) groups is 1. The van der Waals surface area contributed by atoms with Crippen LogP contribution in [0.15, 0.2) is 60.2 Å². The van der Waals surface area contributed by atoms with E-state index in [1.165, 1.54) is 0 Å².